The number of alkyl halides is 2. The van der Waals surface area contributed by atoms with Crippen molar-refractivity contribution in [3.63, 3.8) is 0 Å². The number of nitrogens with zero attached hydrogens (tertiary/aromatic N) is 2. The van der Waals surface area contributed by atoms with Crippen molar-refractivity contribution in [1.82, 2.24) is 4.98 Å². The van der Waals surface area contributed by atoms with Crippen LogP contribution in [-0.2, 0) is 0 Å². The normalized spacial score (nSPS) is 10.7. The predicted molar refractivity (Wildman–Crippen MR) is 53.1 cm³/mol. The Labute approximate surface area is 89.2 Å². The van der Waals surface area contributed by atoms with Crippen LogP contribution in [0, 0.1) is 6.92 Å². The molecule has 0 aromatic carbocycles. The minimum absolute atomic E-state index is 0.0890. The molecule has 0 aliphatic carbocycles. The van der Waals surface area contributed by atoms with Crippen molar-refractivity contribution in [2.45, 2.75) is 13.3 Å². The van der Waals surface area contributed by atoms with Gasteiger partial charge in [0.2, 0.25) is 0 Å². The Bertz CT molecular complexity index is 368. The van der Waals surface area contributed by atoms with Gasteiger partial charge >= 0.3 is 5.97 Å². The fourth-order valence-electron chi connectivity index (χ4n) is 1.03. The van der Waals surface area contributed by atoms with Gasteiger partial charge in [0.05, 0.1) is 12.2 Å². The van der Waals surface area contributed by atoms with Gasteiger partial charge in [-0.05, 0) is 6.92 Å². The number of aryl methyl sites for hydroxylation is 1. The van der Waals surface area contributed by atoms with E-state index in [2.05, 4.69) is 4.98 Å². The Hall–Kier alpha value is -1.24. The number of carboxylic acids is 1. The molecule has 1 rings (SSSR count). The van der Waals surface area contributed by atoms with Gasteiger partial charge in [0, 0.05) is 7.05 Å². The summed E-state index contributed by atoms with van der Waals surface area (Å²) in [5.74, 6) is -1.08. The second kappa shape index (κ2) is 4.52. The summed E-state index contributed by atoms with van der Waals surface area (Å²) < 4.78 is 24.1. The van der Waals surface area contributed by atoms with Gasteiger partial charge in [0.1, 0.15) is 4.88 Å². The van der Waals surface area contributed by atoms with Crippen LogP contribution in [0.25, 0.3) is 0 Å². The average molecular weight is 236 g/mol. The number of anilines is 1. The number of thiazole rings is 1. The second-order valence-corrected chi connectivity index (χ2v) is 3.97. The highest BCUT2D eigenvalue weighted by Crippen LogP contribution is 2.25. The van der Waals surface area contributed by atoms with Crippen molar-refractivity contribution in [2.24, 2.45) is 0 Å². The number of rotatable bonds is 4. The molecular weight excluding hydrogens is 226 g/mol. The van der Waals surface area contributed by atoms with Gasteiger partial charge in [-0.25, -0.2) is 18.6 Å². The lowest BCUT2D eigenvalue weighted by atomic mass is 10.4. The summed E-state index contributed by atoms with van der Waals surface area (Å²) in [6.07, 6.45) is -2.47. The predicted octanol–water partition coefficient (Wildman–Crippen LogP) is 1.85. The van der Waals surface area contributed by atoms with E-state index in [1.807, 2.05) is 0 Å². The Balaban J connectivity index is 2.87. The van der Waals surface area contributed by atoms with Gasteiger partial charge in [-0.1, -0.05) is 11.3 Å². The zero-order chi connectivity index (χ0) is 11.6. The summed E-state index contributed by atoms with van der Waals surface area (Å²) in [6.45, 7) is 1.09. The summed E-state index contributed by atoms with van der Waals surface area (Å²) in [4.78, 5) is 15.9. The third-order valence-electron chi connectivity index (χ3n) is 1.72. The summed E-state index contributed by atoms with van der Waals surface area (Å²) in [6, 6.07) is 0. The highest BCUT2D eigenvalue weighted by atomic mass is 32.1. The van der Waals surface area contributed by atoms with Crippen molar-refractivity contribution in [2.75, 3.05) is 18.5 Å². The van der Waals surface area contributed by atoms with E-state index in [1.54, 1.807) is 6.92 Å². The molecule has 0 unspecified atom stereocenters. The van der Waals surface area contributed by atoms with Crippen LogP contribution in [-0.4, -0.2) is 36.1 Å². The third-order valence-corrected chi connectivity index (χ3v) is 2.98. The molecule has 0 aliphatic rings. The van der Waals surface area contributed by atoms with Crippen LogP contribution in [0.3, 0.4) is 0 Å². The SMILES string of the molecule is Cc1nc(N(C)CC(F)F)sc1C(=O)O. The smallest absolute Gasteiger partial charge is 0.347 e. The molecule has 0 saturated carbocycles. The van der Waals surface area contributed by atoms with Crippen LogP contribution >= 0.6 is 11.3 Å². The summed E-state index contributed by atoms with van der Waals surface area (Å²) in [7, 11) is 1.45. The molecule has 4 nitrogen and oxygen atoms in total. The van der Waals surface area contributed by atoms with Gasteiger partial charge in [-0.3, -0.25) is 0 Å². The van der Waals surface area contributed by atoms with Crippen LogP contribution in [0.4, 0.5) is 13.9 Å². The number of hydrogen-bond donors (Lipinski definition) is 1. The maximum atomic E-state index is 12.1. The van der Waals surface area contributed by atoms with E-state index in [1.165, 1.54) is 11.9 Å². The molecule has 7 heteroatoms. The highest BCUT2D eigenvalue weighted by Gasteiger charge is 2.17. The van der Waals surface area contributed by atoms with Gasteiger partial charge in [0.15, 0.2) is 5.13 Å². The van der Waals surface area contributed by atoms with Gasteiger partial charge in [-0.15, -0.1) is 0 Å². The van der Waals surface area contributed by atoms with Crippen LogP contribution in [0.2, 0.25) is 0 Å². The molecule has 0 fully saturated rings. The van der Waals surface area contributed by atoms with Crippen molar-refractivity contribution in [1.29, 1.82) is 0 Å². The summed E-state index contributed by atoms with van der Waals surface area (Å²) >= 11 is 0.900. The molecule has 1 aromatic heterocycles. The third kappa shape index (κ3) is 2.85. The maximum Gasteiger partial charge on any atom is 0.347 e. The van der Waals surface area contributed by atoms with Crippen molar-refractivity contribution in [3.05, 3.63) is 10.6 Å². The van der Waals surface area contributed by atoms with Crippen molar-refractivity contribution in [3.8, 4) is 0 Å². The van der Waals surface area contributed by atoms with E-state index >= 15 is 0 Å². The number of aromatic nitrogens is 1. The lowest BCUT2D eigenvalue weighted by Gasteiger charge is -2.14. The van der Waals surface area contributed by atoms with Crippen LogP contribution in [0.1, 0.15) is 15.4 Å². The van der Waals surface area contributed by atoms with E-state index in [-0.39, 0.29) is 4.88 Å². The van der Waals surface area contributed by atoms with E-state index in [4.69, 9.17) is 5.11 Å². The number of carbonyl (C=O) groups is 1. The van der Waals surface area contributed by atoms with Gasteiger partial charge < -0.3 is 10.0 Å². The summed E-state index contributed by atoms with van der Waals surface area (Å²) in [5.41, 5.74) is 0.351. The Morgan fingerprint density at radius 2 is 2.27 bits per heavy atom. The topological polar surface area (TPSA) is 53.4 Å². The quantitative estimate of drug-likeness (QED) is 0.866. The first-order valence-electron chi connectivity index (χ1n) is 4.11. The molecule has 1 aromatic rings. The molecule has 0 spiro atoms. The fraction of sp³-hybridized carbons (Fsp3) is 0.500. The molecule has 0 bridgehead atoms. The van der Waals surface area contributed by atoms with E-state index in [0.717, 1.165) is 11.3 Å². The second-order valence-electron chi connectivity index (χ2n) is 2.99. The van der Waals surface area contributed by atoms with E-state index in [0.29, 0.717) is 10.8 Å². The number of hydrogen-bond acceptors (Lipinski definition) is 4. The molecule has 0 radical (unpaired) electrons. The van der Waals surface area contributed by atoms with Crippen LogP contribution < -0.4 is 4.90 Å². The van der Waals surface area contributed by atoms with Gasteiger partial charge in [0.25, 0.3) is 6.43 Å². The lowest BCUT2D eigenvalue weighted by molar-refractivity contribution is 0.0701. The first-order chi connectivity index (χ1) is 6.91. The van der Waals surface area contributed by atoms with Crippen molar-refractivity contribution >= 4 is 22.4 Å². The first-order valence-corrected chi connectivity index (χ1v) is 4.93. The van der Waals surface area contributed by atoms with Crippen LogP contribution in [0.5, 0.6) is 0 Å². The molecule has 0 saturated heterocycles. The highest BCUT2D eigenvalue weighted by molar-refractivity contribution is 7.17. The zero-order valence-electron chi connectivity index (χ0n) is 8.20. The van der Waals surface area contributed by atoms with Gasteiger partial charge in [-0.2, -0.15) is 0 Å². The van der Waals surface area contributed by atoms with Crippen molar-refractivity contribution < 1.29 is 18.7 Å². The molecule has 84 valence electrons. The zero-order valence-corrected chi connectivity index (χ0v) is 9.02. The molecule has 15 heavy (non-hydrogen) atoms. The Morgan fingerprint density at radius 1 is 1.67 bits per heavy atom. The molecule has 1 N–H and O–H groups in total. The van der Waals surface area contributed by atoms with E-state index < -0.39 is 18.9 Å². The molecule has 0 atom stereocenters. The Kier molecular flexibility index (Phi) is 3.57. The number of halogens is 2. The molecule has 0 amide bonds. The largest absolute Gasteiger partial charge is 0.477 e. The Morgan fingerprint density at radius 3 is 2.67 bits per heavy atom. The lowest BCUT2D eigenvalue weighted by Crippen LogP contribution is -2.23. The fourth-order valence-corrected chi connectivity index (χ4v) is 1.91. The molecular formula is C8H10F2N2O2S. The van der Waals surface area contributed by atoms with E-state index in [9.17, 15) is 13.6 Å². The maximum absolute atomic E-state index is 12.1. The number of aromatic carboxylic acids is 1. The molecule has 0 aliphatic heterocycles. The molecule has 1 heterocycles. The van der Waals surface area contributed by atoms with Crippen LogP contribution in [0.15, 0.2) is 0 Å². The standard InChI is InChI=1S/C8H10F2N2O2S/c1-4-6(7(13)14)15-8(11-4)12(2)3-5(9)10/h5H,3H2,1-2H3,(H,13,14). The number of carboxylic acid groups (broad SMARTS) is 1. The average Bonchev–Trinajstić information content (AvgIpc) is 2.46. The minimum atomic E-state index is -2.47. The minimum Gasteiger partial charge on any atom is -0.477 e. The first kappa shape index (κ1) is 11.8. The summed E-state index contributed by atoms with van der Waals surface area (Å²) in [5, 5.41) is 9.04. The monoisotopic (exact) mass is 236 g/mol.